The fourth-order valence-electron chi connectivity index (χ4n) is 6.74. The number of benzene rings is 1. The topological polar surface area (TPSA) is 131 Å². The quantitative estimate of drug-likeness (QED) is 0.281. The molecule has 0 unspecified atom stereocenters. The Morgan fingerprint density at radius 1 is 1.02 bits per heavy atom. The Morgan fingerprint density at radius 2 is 1.81 bits per heavy atom. The highest BCUT2D eigenvalue weighted by atomic mass is 16.5. The molecule has 12 heteroatoms. The van der Waals surface area contributed by atoms with Crippen LogP contribution in [0.2, 0.25) is 0 Å². The highest BCUT2D eigenvalue weighted by molar-refractivity contribution is 6.16. The minimum Gasteiger partial charge on any atom is -0.452 e. The van der Waals surface area contributed by atoms with Crippen molar-refractivity contribution in [2.75, 3.05) is 48.9 Å². The molecule has 3 amide bonds. The number of hydrogen-bond acceptors (Lipinski definition) is 8. The van der Waals surface area contributed by atoms with E-state index in [9.17, 15) is 14.4 Å². The van der Waals surface area contributed by atoms with Gasteiger partial charge in [-0.1, -0.05) is 0 Å². The van der Waals surface area contributed by atoms with Crippen molar-refractivity contribution in [1.29, 1.82) is 0 Å². The Labute approximate surface area is 272 Å². The predicted molar refractivity (Wildman–Crippen MR) is 179 cm³/mol. The summed E-state index contributed by atoms with van der Waals surface area (Å²) in [6.45, 7) is 2.91. The molecular weight excluding hydrogens is 598 g/mol. The van der Waals surface area contributed by atoms with Gasteiger partial charge in [0.05, 0.1) is 17.4 Å². The van der Waals surface area contributed by atoms with Gasteiger partial charge in [0, 0.05) is 93.3 Å². The third-order valence-electron chi connectivity index (χ3n) is 9.27. The molecule has 0 saturated carbocycles. The lowest BCUT2D eigenvalue weighted by atomic mass is 9.93. The lowest BCUT2D eigenvalue weighted by Gasteiger charge is -2.38. The minimum absolute atomic E-state index is 0.00222. The highest BCUT2D eigenvalue weighted by Crippen LogP contribution is 2.37. The first kappa shape index (κ1) is 30.4. The Morgan fingerprint density at radius 3 is 2.57 bits per heavy atom. The van der Waals surface area contributed by atoms with E-state index in [-0.39, 0.29) is 29.4 Å². The summed E-state index contributed by atoms with van der Waals surface area (Å²) in [7, 11) is 3.86. The van der Waals surface area contributed by atoms with Gasteiger partial charge in [-0.15, -0.1) is 0 Å². The van der Waals surface area contributed by atoms with E-state index in [1.54, 1.807) is 55.0 Å². The molecule has 0 atom stereocenters. The van der Waals surface area contributed by atoms with Crippen LogP contribution >= 0.6 is 0 Å². The predicted octanol–water partition coefficient (Wildman–Crippen LogP) is 5.08. The second kappa shape index (κ2) is 12.9. The van der Waals surface area contributed by atoms with Crippen molar-refractivity contribution in [3.05, 3.63) is 78.1 Å². The molecule has 3 aromatic heterocycles. The number of piperidine rings is 1. The van der Waals surface area contributed by atoms with E-state index in [0.717, 1.165) is 61.1 Å². The number of hydrogen-bond donors (Lipinski definition) is 2. The van der Waals surface area contributed by atoms with Crippen molar-refractivity contribution in [2.24, 2.45) is 13.0 Å². The smallest absolute Gasteiger partial charge is 0.323 e. The van der Waals surface area contributed by atoms with E-state index < -0.39 is 6.03 Å². The number of urea groups is 1. The molecule has 3 aliphatic rings. The third kappa shape index (κ3) is 6.16. The molecule has 7 rings (SSSR count). The number of ether oxygens (including phenoxy) is 2. The number of ketones is 1. The fraction of sp³-hybridized carbons (Fsp3) is 0.343. The first-order chi connectivity index (χ1) is 22.9. The zero-order chi connectivity index (χ0) is 32.5. The largest absolute Gasteiger partial charge is 0.452 e. The number of aryl methyl sites for hydroxylation is 1. The van der Waals surface area contributed by atoms with Gasteiger partial charge in [-0.25, -0.2) is 9.78 Å². The summed E-state index contributed by atoms with van der Waals surface area (Å²) in [5.74, 6) is 0.574. The van der Waals surface area contributed by atoms with Gasteiger partial charge < -0.3 is 34.5 Å². The van der Waals surface area contributed by atoms with E-state index in [4.69, 9.17) is 9.47 Å². The number of fused-ring (bicyclic) bond motifs is 2. The summed E-state index contributed by atoms with van der Waals surface area (Å²) in [4.78, 5) is 52.3. The standard InChI is InChI=1S/C35H37N7O5/c1-40-21-23(18-30-32(43)27-19-24(5-6-29(27)47-30)38-35(45)39-25-4-3-12-36-20-25)31-28(7-13-37-33(31)40)42-14-8-22(9-15-42)34(44)41(2)26-10-16-46-17-11-26/h3-7,12-13,18-22,26H,8-11,14-17H2,1-2H3,(H2,38,39,45)/b30-18-. The van der Waals surface area contributed by atoms with E-state index in [0.29, 0.717) is 35.9 Å². The van der Waals surface area contributed by atoms with Gasteiger partial charge in [-0.2, -0.15) is 0 Å². The SMILES string of the molecule is CN(C(=O)C1CCN(c2ccnc3c2c(/C=C2\Oc4ccc(NC(=O)Nc5cccnc5)cc4C2=O)cn3C)CC1)C1CCOCC1. The number of nitrogens with one attached hydrogen (secondary N) is 2. The third-order valence-corrected chi connectivity index (χ3v) is 9.27. The van der Waals surface area contributed by atoms with E-state index in [1.807, 2.05) is 35.8 Å². The van der Waals surface area contributed by atoms with Crippen LogP contribution in [0.5, 0.6) is 5.75 Å². The summed E-state index contributed by atoms with van der Waals surface area (Å²) in [5, 5.41) is 6.40. The van der Waals surface area contributed by atoms with Crippen molar-refractivity contribution in [1.82, 2.24) is 19.4 Å². The number of aromatic nitrogens is 3. The fourth-order valence-corrected chi connectivity index (χ4v) is 6.74. The van der Waals surface area contributed by atoms with Crippen LogP contribution in [0, 0.1) is 5.92 Å². The van der Waals surface area contributed by atoms with Gasteiger partial charge in [0.15, 0.2) is 5.76 Å². The number of amides is 3. The van der Waals surface area contributed by atoms with Crippen LogP contribution < -0.4 is 20.3 Å². The maximum Gasteiger partial charge on any atom is 0.323 e. The molecule has 2 saturated heterocycles. The molecule has 4 aromatic rings. The first-order valence-electron chi connectivity index (χ1n) is 16.0. The first-order valence-corrected chi connectivity index (χ1v) is 16.0. The normalized spacial score (nSPS) is 17.9. The van der Waals surface area contributed by atoms with Crippen LogP contribution in [-0.2, 0) is 16.6 Å². The summed E-state index contributed by atoms with van der Waals surface area (Å²) in [5.41, 5.74) is 4.00. The summed E-state index contributed by atoms with van der Waals surface area (Å²) < 4.78 is 13.4. The van der Waals surface area contributed by atoms with Crippen LogP contribution in [0.15, 0.2) is 66.9 Å². The maximum absolute atomic E-state index is 13.5. The van der Waals surface area contributed by atoms with Gasteiger partial charge in [0.25, 0.3) is 0 Å². The highest BCUT2D eigenvalue weighted by Gasteiger charge is 2.32. The molecule has 3 aliphatic heterocycles. The van der Waals surface area contributed by atoms with Crippen LogP contribution in [0.4, 0.5) is 21.9 Å². The molecule has 12 nitrogen and oxygen atoms in total. The number of carbonyl (C=O) groups is 3. The van der Waals surface area contributed by atoms with Gasteiger partial charge >= 0.3 is 6.03 Å². The van der Waals surface area contributed by atoms with Gasteiger partial charge in [-0.05, 0) is 68.2 Å². The molecule has 0 spiro atoms. The monoisotopic (exact) mass is 635 g/mol. The molecule has 2 N–H and O–H groups in total. The molecule has 47 heavy (non-hydrogen) atoms. The molecule has 0 radical (unpaired) electrons. The molecule has 2 fully saturated rings. The van der Waals surface area contributed by atoms with Crippen LogP contribution in [-0.4, -0.2) is 76.5 Å². The molecule has 0 bridgehead atoms. The summed E-state index contributed by atoms with van der Waals surface area (Å²) in [6.07, 6.45) is 12.0. The summed E-state index contributed by atoms with van der Waals surface area (Å²) in [6, 6.07) is 10.2. The van der Waals surface area contributed by atoms with Crippen molar-refractivity contribution < 1.29 is 23.9 Å². The van der Waals surface area contributed by atoms with Crippen molar-refractivity contribution in [2.45, 2.75) is 31.7 Å². The molecule has 1 aromatic carbocycles. The number of allylic oxidation sites excluding steroid dienone is 1. The van der Waals surface area contributed by atoms with Crippen molar-refractivity contribution in [3.63, 3.8) is 0 Å². The number of rotatable bonds is 6. The lowest BCUT2D eigenvalue weighted by Crippen LogP contribution is -2.46. The lowest BCUT2D eigenvalue weighted by molar-refractivity contribution is -0.138. The maximum atomic E-state index is 13.5. The number of pyridine rings is 2. The zero-order valence-electron chi connectivity index (χ0n) is 26.4. The molecule has 242 valence electrons. The number of Topliss-reactive ketones (excluding diaryl/α,β-unsaturated/α-hetero) is 1. The van der Waals surface area contributed by atoms with Gasteiger partial charge in [-0.3, -0.25) is 14.6 Å². The van der Waals surface area contributed by atoms with E-state index >= 15 is 0 Å². The Hall–Kier alpha value is -5.23. The molecule has 6 heterocycles. The number of carbonyl (C=O) groups excluding carboxylic acids is 3. The number of anilines is 3. The van der Waals surface area contributed by atoms with Gasteiger partial charge in [0.2, 0.25) is 11.7 Å². The Bertz CT molecular complexity index is 1860. The van der Waals surface area contributed by atoms with Gasteiger partial charge in [0.1, 0.15) is 11.4 Å². The van der Waals surface area contributed by atoms with E-state index in [2.05, 4.69) is 25.5 Å². The number of nitrogens with zero attached hydrogens (tertiary/aromatic N) is 5. The second-order valence-electron chi connectivity index (χ2n) is 12.2. The average molecular weight is 636 g/mol. The average Bonchev–Trinajstić information content (AvgIpc) is 3.59. The van der Waals surface area contributed by atoms with Crippen LogP contribution in [0.1, 0.15) is 41.6 Å². The molecular formula is C35H37N7O5. The van der Waals surface area contributed by atoms with Crippen LogP contribution in [0.25, 0.3) is 17.1 Å². The van der Waals surface area contributed by atoms with Crippen molar-refractivity contribution in [3.8, 4) is 5.75 Å². The van der Waals surface area contributed by atoms with Crippen molar-refractivity contribution >= 4 is 51.9 Å². The summed E-state index contributed by atoms with van der Waals surface area (Å²) >= 11 is 0. The second-order valence-corrected chi connectivity index (χ2v) is 12.2. The van der Waals surface area contributed by atoms with Crippen LogP contribution in [0.3, 0.4) is 0 Å². The Balaban J connectivity index is 1.07. The van der Waals surface area contributed by atoms with E-state index in [1.165, 1.54) is 0 Å². The molecule has 0 aliphatic carbocycles. The zero-order valence-corrected chi connectivity index (χ0v) is 26.4. The minimum atomic E-state index is -0.449. The Kier molecular flexibility index (Phi) is 8.33.